The Morgan fingerprint density at radius 2 is 2.00 bits per heavy atom. The highest BCUT2D eigenvalue weighted by Crippen LogP contribution is 2.05. The van der Waals surface area contributed by atoms with E-state index in [0.717, 1.165) is 6.42 Å². The van der Waals surface area contributed by atoms with Crippen molar-refractivity contribution in [3.63, 3.8) is 0 Å². The van der Waals surface area contributed by atoms with E-state index < -0.39 is 0 Å². The van der Waals surface area contributed by atoms with Gasteiger partial charge in [-0.1, -0.05) is 13.8 Å². The van der Waals surface area contributed by atoms with Gasteiger partial charge in [-0.3, -0.25) is 0 Å². The molecule has 0 heterocycles. The summed E-state index contributed by atoms with van der Waals surface area (Å²) in [5.74, 6) is 0.537. The highest BCUT2D eigenvalue weighted by Gasteiger charge is 2.08. The molecule has 0 aromatic heterocycles. The molecule has 13 heavy (non-hydrogen) atoms. The van der Waals surface area contributed by atoms with E-state index >= 15 is 0 Å². The summed E-state index contributed by atoms with van der Waals surface area (Å²) in [7, 11) is 1.79. The third-order valence-electron chi connectivity index (χ3n) is 2.23. The minimum atomic E-state index is -0.0839. The maximum Gasteiger partial charge on any atom is 0.0972 e. The first-order chi connectivity index (χ1) is 6.11. The lowest BCUT2D eigenvalue weighted by Gasteiger charge is -2.17. The van der Waals surface area contributed by atoms with Crippen molar-refractivity contribution in [3.05, 3.63) is 0 Å². The molecule has 0 aromatic carbocycles. The van der Waals surface area contributed by atoms with Crippen molar-refractivity contribution in [2.45, 2.75) is 39.3 Å². The summed E-state index contributed by atoms with van der Waals surface area (Å²) in [6.45, 7) is 6.97. The van der Waals surface area contributed by atoms with E-state index in [0.29, 0.717) is 12.5 Å². The number of nitriles is 1. The maximum atomic E-state index is 8.63. The summed E-state index contributed by atoms with van der Waals surface area (Å²) >= 11 is 0. The summed E-state index contributed by atoms with van der Waals surface area (Å²) in [6, 6.07) is 2.08. The zero-order chi connectivity index (χ0) is 10.3. The van der Waals surface area contributed by atoms with E-state index in [1.807, 2.05) is 0 Å². The number of rotatable bonds is 6. The van der Waals surface area contributed by atoms with Crippen LogP contribution in [-0.2, 0) is 4.74 Å². The highest BCUT2D eigenvalue weighted by atomic mass is 16.5. The Kier molecular flexibility index (Phi) is 6.56. The maximum absolute atomic E-state index is 8.63. The lowest BCUT2D eigenvalue weighted by atomic mass is 10.1. The van der Waals surface area contributed by atoms with Gasteiger partial charge in [-0.25, -0.2) is 0 Å². The van der Waals surface area contributed by atoms with Crippen molar-refractivity contribution in [1.29, 1.82) is 5.26 Å². The zero-order valence-electron chi connectivity index (χ0n) is 9.00. The van der Waals surface area contributed by atoms with E-state index in [1.54, 1.807) is 7.05 Å². The van der Waals surface area contributed by atoms with Gasteiger partial charge < -0.3 is 10.1 Å². The molecule has 1 N–H and O–H groups in total. The Balaban J connectivity index is 3.50. The number of nitrogens with zero attached hydrogens (tertiary/aromatic N) is 1. The molecular formula is C10H20N2O. The van der Waals surface area contributed by atoms with Crippen LogP contribution in [-0.4, -0.2) is 25.8 Å². The molecule has 0 rings (SSSR count). The van der Waals surface area contributed by atoms with Crippen molar-refractivity contribution in [2.24, 2.45) is 5.92 Å². The summed E-state index contributed by atoms with van der Waals surface area (Å²) in [4.78, 5) is 0. The lowest BCUT2D eigenvalue weighted by Crippen LogP contribution is -2.26. The fourth-order valence-corrected chi connectivity index (χ4v) is 0.838. The molecule has 0 amide bonds. The van der Waals surface area contributed by atoms with Gasteiger partial charge in [0.2, 0.25) is 0 Å². The van der Waals surface area contributed by atoms with Gasteiger partial charge >= 0.3 is 0 Å². The smallest absolute Gasteiger partial charge is 0.0972 e. The normalized spacial score (nSPS) is 15.4. The Morgan fingerprint density at radius 3 is 2.38 bits per heavy atom. The van der Waals surface area contributed by atoms with E-state index in [1.165, 1.54) is 0 Å². The van der Waals surface area contributed by atoms with Crippen molar-refractivity contribution in [2.75, 3.05) is 13.7 Å². The molecule has 2 atom stereocenters. The molecule has 0 radical (unpaired) electrons. The first-order valence-corrected chi connectivity index (χ1v) is 4.80. The van der Waals surface area contributed by atoms with Gasteiger partial charge in [0.05, 0.1) is 18.2 Å². The van der Waals surface area contributed by atoms with Crippen LogP contribution in [0.2, 0.25) is 0 Å². The van der Waals surface area contributed by atoms with Crippen molar-refractivity contribution in [1.82, 2.24) is 5.32 Å². The Hall–Kier alpha value is -0.590. The van der Waals surface area contributed by atoms with Crippen LogP contribution in [0.4, 0.5) is 0 Å². The first-order valence-electron chi connectivity index (χ1n) is 4.80. The molecular weight excluding hydrogens is 164 g/mol. The summed E-state index contributed by atoms with van der Waals surface area (Å²) in [6.07, 6.45) is 1.03. The predicted molar refractivity (Wildman–Crippen MR) is 53.3 cm³/mol. The average Bonchev–Trinajstić information content (AvgIpc) is 2.12. The Morgan fingerprint density at radius 1 is 1.38 bits per heavy atom. The van der Waals surface area contributed by atoms with Gasteiger partial charge in [0.25, 0.3) is 0 Å². The quantitative estimate of drug-likeness (QED) is 0.681. The van der Waals surface area contributed by atoms with Crippen LogP contribution in [0.1, 0.15) is 27.2 Å². The summed E-state index contributed by atoms with van der Waals surface area (Å²) < 4.78 is 5.55. The third kappa shape index (κ3) is 5.62. The molecule has 3 heteroatoms. The number of ether oxygens (including phenoxy) is 1. The first kappa shape index (κ1) is 12.4. The Bertz CT molecular complexity index is 163. The molecule has 0 aromatic rings. The Labute approximate surface area is 81.1 Å². The standard InChI is InChI=1S/C10H20N2O/c1-8(2)9(3)13-6-5-10(7-11)12-4/h8-10,12H,5-6H2,1-4H3. The molecule has 0 aliphatic rings. The molecule has 0 saturated carbocycles. The topological polar surface area (TPSA) is 45.0 Å². The van der Waals surface area contributed by atoms with Crippen LogP contribution in [0, 0.1) is 17.2 Å². The van der Waals surface area contributed by atoms with Crippen molar-refractivity contribution >= 4 is 0 Å². The molecule has 0 fully saturated rings. The molecule has 0 saturated heterocycles. The average molecular weight is 184 g/mol. The van der Waals surface area contributed by atoms with Crippen LogP contribution in [0.15, 0.2) is 0 Å². The van der Waals surface area contributed by atoms with E-state index in [-0.39, 0.29) is 12.1 Å². The van der Waals surface area contributed by atoms with Crippen molar-refractivity contribution in [3.8, 4) is 6.07 Å². The molecule has 0 aliphatic carbocycles. The van der Waals surface area contributed by atoms with Gasteiger partial charge in [-0.05, 0) is 26.3 Å². The fraction of sp³-hybridized carbons (Fsp3) is 0.900. The van der Waals surface area contributed by atoms with Crippen LogP contribution in [0.25, 0.3) is 0 Å². The second-order valence-electron chi connectivity index (χ2n) is 3.58. The molecule has 76 valence electrons. The molecule has 0 aliphatic heterocycles. The van der Waals surface area contributed by atoms with Crippen molar-refractivity contribution < 1.29 is 4.74 Å². The second-order valence-corrected chi connectivity index (χ2v) is 3.58. The zero-order valence-corrected chi connectivity index (χ0v) is 9.00. The largest absolute Gasteiger partial charge is 0.378 e. The van der Waals surface area contributed by atoms with Crippen LogP contribution >= 0.6 is 0 Å². The van der Waals surface area contributed by atoms with Gasteiger partial charge in [0.15, 0.2) is 0 Å². The second kappa shape index (κ2) is 6.88. The van der Waals surface area contributed by atoms with E-state index in [9.17, 15) is 0 Å². The van der Waals surface area contributed by atoms with Crippen LogP contribution < -0.4 is 5.32 Å². The molecule has 2 unspecified atom stereocenters. The lowest BCUT2D eigenvalue weighted by molar-refractivity contribution is 0.0324. The molecule has 0 bridgehead atoms. The van der Waals surface area contributed by atoms with Crippen LogP contribution in [0.5, 0.6) is 0 Å². The monoisotopic (exact) mass is 184 g/mol. The number of hydrogen-bond acceptors (Lipinski definition) is 3. The fourth-order valence-electron chi connectivity index (χ4n) is 0.838. The predicted octanol–water partition coefficient (Wildman–Crippen LogP) is 1.55. The summed E-state index contributed by atoms with van der Waals surface area (Å²) in [5, 5.41) is 11.5. The van der Waals surface area contributed by atoms with Gasteiger partial charge in [0.1, 0.15) is 0 Å². The molecule has 0 spiro atoms. The van der Waals surface area contributed by atoms with E-state index in [2.05, 4.69) is 32.2 Å². The minimum absolute atomic E-state index is 0.0839. The molecule has 3 nitrogen and oxygen atoms in total. The number of hydrogen-bond donors (Lipinski definition) is 1. The van der Waals surface area contributed by atoms with Gasteiger partial charge in [0, 0.05) is 6.61 Å². The minimum Gasteiger partial charge on any atom is -0.378 e. The van der Waals surface area contributed by atoms with Gasteiger partial charge in [-0.15, -0.1) is 0 Å². The summed E-state index contributed by atoms with van der Waals surface area (Å²) in [5.41, 5.74) is 0. The SMILES string of the molecule is CNC(C#N)CCOC(C)C(C)C. The van der Waals surface area contributed by atoms with Crippen LogP contribution in [0.3, 0.4) is 0 Å². The number of nitrogens with one attached hydrogen (secondary N) is 1. The van der Waals surface area contributed by atoms with Gasteiger partial charge in [-0.2, -0.15) is 5.26 Å². The highest BCUT2D eigenvalue weighted by molar-refractivity contribution is 4.88. The van der Waals surface area contributed by atoms with E-state index in [4.69, 9.17) is 10.00 Å². The third-order valence-corrected chi connectivity index (χ3v) is 2.23.